The molecule has 0 saturated heterocycles. The van der Waals surface area contributed by atoms with E-state index in [1.54, 1.807) is 0 Å². The first-order chi connectivity index (χ1) is 8.49. The molecular weight excluding hydrogens is 232 g/mol. The molecule has 1 atom stereocenters. The number of aryl methyl sites for hydroxylation is 1. The summed E-state index contributed by atoms with van der Waals surface area (Å²) in [6, 6.07) is 0. The quantitative estimate of drug-likeness (QED) is 0.795. The van der Waals surface area contributed by atoms with Crippen LogP contribution in [-0.2, 0) is 6.42 Å². The van der Waals surface area contributed by atoms with Crippen molar-refractivity contribution in [3.63, 3.8) is 0 Å². The number of hydrogen-bond acceptors (Lipinski definition) is 3. The number of nitrogens with one attached hydrogen (secondary N) is 1. The lowest BCUT2D eigenvalue weighted by atomic mass is 9.98. The second kappa shape index (κ2) is 4.94. The second-order valence-corrected chi connectivity index (χ2v) is 5.16. The molecule has 2 rings (SSSR count). The highest BCUT2D eigenvalue weighted by atomic mass is 16.4. The molecule has 0 aromatic carbocycles. The van der Waals surface area contributed by atoms with E-state index in [9.17, 15) is 9.59 Å². The summed E-state index contributed by atoms with van der Waals surface area (Å²) in [4.78, 5) is 28.3. The minimum atomic E-state index is -1.04. The van der Waals surface area contributed by atoms with E-state index in [2.05, 4.69) is 9.88 Å². The van der Waals surface area contributed by atoms with Gasteiger partial charge in [0, 0.05) is 24.9 Å². The van der Waals surface area contributed by atoms with Crippen LogP contribution in [0.25, 0.3) is 0 Å². The standard InChI is InChI=1S/C13H18N2O3/c1-15(2)7-8-3-4-10-12(11(16)5-8)9(6-14-10)13(17)18/h6,8,14H,3-5,7H2,1-2H3,(H,17,18). The Morgan fingerprint density at radius 1 is 1.56 bits per heavy atom. The fourth-order valence-electron chi connectivity index (χ4n) is 2.64. The van der Waals surface area contributed by atoms with Gasteiger partial charge in [-0.2, -0.15) is 0 Å². The van der Waals surface area contributed by atoms with Crippen molar-refractivity contribution in [3.05, 3.63) is 23.0 Å². The van der Waals surface area contributed by atoms with E-state index >= 15 is 0 Å². The van der Waals surface area contributed by atoms with Crippen LogP contribution in [0.1, 0.15) is 39.3 Å². The number of aromatic amines is 1. The summed E-state index contributed by atoms with van der Waals surface area (Å²) in [5.41, 5.74) is 1.28. The second-order valence-electron chi connectivity index (χ2n) is 5.16. The number of H-pyrrole nitrogens is 1. The van der Waals surface area contributed by atoms with Gasteiger partial charge in [0.05, 0.1) is 11.1 Å². The fraction of sp³-hybridized carbons (Fsp3) is 0.538. The molecule has 0 aliphatic heterocycles. The number of aromatic nitrogens is 1. The lowest BCUT2D eigenvalue weighted by Gasteiger charge is -2.18. The van der Waals surface area contributed by atoms with Gasteiger partial charge in [0.25, 0.3) is 0 Å². The zero-order chi connectivity index (χ0) is 13.3. The third kappa shape index (κ3) is 2.46. The van der Waals surface area contributed by atoms with Crippen LogP contribution >= 0.6 is 0 Å². The number of ketones is 1. The molecule has 1 unspecified atom stereocenters. The Labute approximate surface area is 106 Å². The number of aromatic carboxylic acids is 1. The molecule has 98 valence electrons. The van der Waals surface area contributed by atoms with E-state index < -0.39 is 5.97 Å². The van der Waals surface area contributed by atoms with Gasteiger partial charge in [0.15, 0.2) is 5.78 Å². The van der Waals surface area contributed by atoms with Crippen LogP contribution in [0.5, 0.6) is 0 Å². The molecule has 1 heterocycles. The molecule has 0 saturated carbocycles. The predicted octanol–water partition coefficient (Wildman–Crippen LogP) is 1.41. The van der Waals surface area contributed by atoms with Crippen molar-refractivity contribution in [2.45, 2.75) is 19.3 Å². The van der Waals surface area contributed by atoms with E-state index in [-0.39, 0.29) is 11.3 Å². The molecule has 0 fully saturated rings. The molecule has 0 bridgehead atoms. The molecule has 1 aliphatic carbocycles. The summed E-state index contributed by atoms with van der Waals surface area (Å²) in [5.74, 6) is -0.783. The smallest absolute Gasteiger partial charge is 0.337 e. The topological polar surface area (TPSA) is 73.4 Å². The Morgan fingerprint density at radius 3 is 2.89 bits per heavy atom. The van der Waals surface area contributed by atoms with Crippen molar-refractivity contribution >= 4 is 11.8 Å². The summed E-state index contributed by atoms with van der Waals surface area (Å²) in [5, 5.41) is 9.07. The number of carbonyl (C=O) groups is 2. The lowest BCUT2D eigenvalue weighted by molar-refractivity contribution is 0.0691. The Bertz CT molecular complexity index is 477. The molecule has 0 amide bonds. The first-order valence-corrected chi connectivity index (χ1v) is 6.10. The highest BCUT2D eigenvalue weighted by Gasteiger charge is 2.28. The first-order valence-electron chi connectivity index (χ1n) is 6.10. The molecule has 1 aromatic heterocycles. The predicted molar refractivity (Wildman–Crippen MR) is 67.1 cm³/mol. The molecule has 5 heteroatoms. The molecule has 0 spiro atoms. The summed E-state index contributed by atoms with van der Waals surface area (Å²) in [7, 11) is 3.97. The molecule has 1 aromatic rings. The van der Waals surface area contributed by atoms with Crippen molar-refractivity contribution in [1.82, 2.24) is 9.88 Å². The number of hydrogen-bond donors (Lipinski definition) is 2. The number of nitrogens with zero attached hydrogens (tertiary/aromatic N) is 1. The van der Waals surface area contributed by atoms with Crippen molar-refractivity contribution in [1.29, 1.82) is 0 Å². The lowest BCUT2D eigenvalue weighted by Crippen LogP contribution is -2.23. The van der Waals surface area contributed by atoms with Crippen LogP contribution in [0.15, 0.2) is 6.20 Å². The van der Waals surface area contributed by atoms with E-state index in [1.807, 2.05) is 14.1 Å². The van der Waals surface area contributed by atoms with Gasteiger partial charge < -0.3 is 15.0 Å². The van der Waals surface area contributed by atoms with Gasteiger partial charge in [-0.15, -0.1) is 0 Å². The summed E-state index contributed by atoms with van der Waals surface area (Å²) < 4.78 is 0. The van der Waals surface area contributed by atoms with Crippen molar-refractivity contribution in [3.8, 4) is 0 Å². The largest absolute Gasteiger partial charge is 0.478 e. The molecule has 1 aliphatic rings. The molecule has 0 radical (unpaired) electrons. The van der Waals surface area contributed by atoms with Crippen LogP contribution < -0.4 is 0 Å². The third-order valence-corrected chi connectivity index (χ3v) is 3.37. The van der Waals surface area contributed by atoms with Gasteiger partial charge in [-0.25, -0.2) is 4.79 Å². The van der Waals surface area contributed by atoms with Crippen LogP contribution in [0.4, 0.5) is 0 Å². The number of rotatable bonds is 3. The van der Waals surface area contributed by atoms with Crippen molar-refractivity contribution in [2.24, 2.45) is 5.92 Å². The minimum Gasteiger partial charge on any atom is -0.478 e. The summed E-state index contributed by atoms with van der Waals surface area (Å²) >= 11 is 0. The average Bonchev–Trinajstić information content (AvgIpc) is 2.62. The van der Waals surface area contributed by atoms with Crippen LogP contribution in [-0.4, -0.2) is 47.4 Å². The summed E-state index contributed by atoms with van der Waals surface area (Å²) in [6.45, 7) is 0.860. The number of carboxylic acid groups (broad SMARTS) is 1. The fourth-order valence-corrected chi connectivity index (χ4v) is 2.64. The van der Waals surface area contributed by atoms with Gasteiger partial charge in [-0.05, 0) is 32.9 Å². The van der Waals surface area contributed by atoms with Gasteiger partial charge in [-0.1, -0.05) is 0 Å². The van der Waals surface area contributed by atoms with Crippen molar-refractivity contribution in [2.75, 3.05) is 20.6 Å². The van der Waals surface area contributed by atoms with E-state index in [0.29, 0.717) is 17.9 Å². The van der Waals surface area contributed by atoms with Gasteiger partial charge >= 0.3 is 5.97 Å². The Kier molecular flexibility index (Phi) is 3.52. The summed E-state index contributed by atoms with van der Waals surface area (Å²) in [6.07, 6.45) is 3.52. The zero-order valence-electron chi connectivity index (χ0n) is 10.7. The first kappa shape index (κ1) is 12.8. The molecule has 18 heavy (non-hydrogen) atoms. The van der Waals surface area contributed by atoms with Crippen LogP contribution in [0, 0.1) is 5.92 Å². The normalized spacial score (nSPS) is 19.7. The van der Waals surface area contributed by atoms with E-state index in [1.165, 1.54) is 6.20 Å². The number of carbonyl (C=O) groups excluding carboxylic acids is 1. The molecular formula is C13H18N2O3. The SMILES string of the molecule is CN(C)CC1CCc2[nH]cc(C(=O)O)c2C(=O)C1. The van der Waals surface area contributed by atoms with E-state index in [0.717, 1.165) is 25.1 Å². The van der Waals surface area contributed by atoms with Crippen molar-refractivity contribution < 1.29 is 14.7 Å². The average molecular weight is 250 g/mol. The Hall–Kier alpha value is -1.62. The molecule has 5 nitrogen and oxygen atoms in total. The maximum atomic E-state index is 12.2. The maximum Gasteiger partial charge on any atom is 0.337 e. The number of Topliss-reactive ketones (excluding diaryl/α,β-unsaturated/α-hetero) is 1. The highest BCUT2D eigenvalue weighted by Crippen LogP contribution is 2.27. The molecule has 2 N–H and O–H groups in total. The van der Waals surface area contributed by atoms with Crippen LogP contribution in [0.3, 0.4) is 0 Å². The van der Waals surface area contributed by atoms with E-state index in [4.69, 9.17) is 5.11 Å². The minimum absolute atomic E-state index is 0.0481. The number of carboxylic acids is 1. The van der Waals surface area contributed by atoms with Gasteiger partial charge in [-0.3, -0.25) is 4.79 Å². The van der Waals surface area contributed by atoms with Gasteiger partial charge in [0.1, 0.15) is 0 Å². The zero-order valence-corrected chi connectivity index (χ0v) is 10.7. The Balaban J connectivity index is 2.25. The number of fused-ring (bicyclic) bond motifs is 1. The van der Waals surface area contributed by atoms with Crippen LogP contribution in [0.2, 0.25) is 0 Å². The van der Waals surface area contributed by atoms with Gasteiger partial charge in [0.2, 0.25) is 0 Å². The third-order valence-electron chi connectivity index (χ3n) is 3.37. The highest BCUT2D eigenvalue weighted by molar-refractivity contribution is 6.07. The maximum absolute atomic E-state index is 12.2. The monoisotopic (exact) mass is 250 g/mol. The Morgan fingerprint density at radius 2 is 2.28 bits per heavy atom.